The topological polar surface area (TPSA) is 26.0 Å². The van der Waals surface area contributed by atoms with E-state index in [2.05, 4.69) is 27.7 Å². The van der Waals surface area contributed by atoms with E-state index in [0.717, 1.165) is 12.3 Å². The number of rotatable bonds is 2. The zero-order valence-electron chi connectivity index (χ0n) is 6.36. The minimum absolute atomic E-state index is 0. The molecule has 0 fully saturated rings. The van der Waals surface area contributed by atoms with Crippen LogP contribution in [0.4, 0.5) is 0 Å². The second kappa shape index (κ2) is 4.39. The fourth-order valence-corrected chi connectivity index (χ4v) is 1.05. The SMILES string of the molecule is CC(C)CC(C)(C)N.[LiH]. The van der Waals surface area contributed by atoms with Crippen molar-refractivity contribution in [1.82, 2.24) is 0 Å². The normalized spacial score (nSPS) is 11.3. The second-order valence-corrected chi connectivity index (χ2v) is 3.59. The maximum absolute atomic E-state index is 5.74. The second-order valence-electron chi connectivity index (χ2n) is 3.59. The van der Waals surface area contributed by atoms with Crippen molar-refractivity contribution >= 4 is 18.9 Å². The van der Waals surface area contributed by atoms with Gasteiger partial charge in [-0.25, -0.2) is 0 Å². The molecule has 0 aromatic carbocycles. The molecule has 9 heavy (non-hydrogen) atoms. The maximum atomic E-state index is 5.74. The third-order valence-electron chi connectivity index (χ3n) is 0.934. The molecular formula is C7H18LiN. The van der Waals surface area contributed by atoms with Gasteiger partial charge in [0.2, 0.25) is 0 Å². The van der Waals surface area contributed by atoms with E-state index in [-0.39, 0.29) is 24.4 Å². The quantitative estimate of drug-likeness (QED) is 0.547. The van der Waals surface area contributed by atoms with Crippen LogP contribution in [-0.2, 0) is 0 Å². The van der Waals surface area contributed by atoms with Crippen LogP contribution in [0.2, 0.25) is 0 Å². The molecule has 2 N–H and O–H groups in total. The van der Waals surface area contributed by atoms with Gasteiger partial charge in [-0.3, -0.25) is 0 Å². The number of nitrogens with two attached hydrogens (primary N) is 1. The Hall–Kier alpha value is 0.557. The first-order chi connectivity index (χ1) is 3.42. The van der Waals surface area contributed by atoms with Crippen molar-refractivity contribution in [3.63, 3.8) is 0 Å². The van der Waals surface area contributed by atoms with Crippen LogP contribution in [-0.4, -0.2) is 24.4 Å². The molecule has 0 unspecified atom stereocenters. The summed E-state index contributed by atoms with van der Waals surface area (Å²) in [7, 11) is 0. The van der Waals surface area contributed by atoms with E-state index in [1.54, 1.807) is 0 Å². The first-order valence-electron chi connectivity index (χ1n) is 3.21. The zero-order chi connectivity index (χ0) is 6.78. The number of hydrogen-bond donors (Lipinski definition) is 1. The Morgan fingerprint density at radius 1 is 1.33 bits per heavy atom. The molecule has 0 spiro atoms. The fourth-order valence-electron chi connectivity index (χ4n) is 1.05. The van der Waals surface area contributed by atoms with Gasteiger partial charge in [0, 0.05) is 5.54 Å². The summed E-state index contributed by atoms with van der Waals surface area (Å²) in [5.41, 5.74) is 5.76. The molecule has 0 aromatic rings. The molecular weight excluding hydrogens is 105 g/mol. The van der Waals surface area contributed by atoms with E-state index in [4.69, 9.17) is 5.73 Å². The van der Waals surface area contributed by atoms with Gasteiger partial charge < -0.3 is 5.73 Å². The predicted octanol–water partition coefficient (Wildman–Crippen LogP) is 1.12. The molecule has 0 rings (SSSR count). The molecule has 0 aromatic heterocycles. The van der Waals surface area contributed by atoms with Gasteiger partial charge >= 0.3 is 18.9 Å². The molecule has 0 saturated heterocycles. The summed E-state index contributed by atoms with van der Waals surface area (Å²) >= 11 is 0. The van der Waals surface area contributed by atoms with Crippen LogP contribution in [0.5, 0.6) is 0 Å². The van der Waals surface area contributed by atoms with Crippen LogP contribution in [0.15, 0.2) is 0 Å². The molecule has 0 radical (unpaired) electrons. The van der Waals surface area contributed by atoms with E-state index in [1.165, 1.54) is 0 Å². The van der Waals surface area contributed by atoms with Gasteiger partial charge in [0.05, 0.1) is 0 Å². The first-order valence-corrected chi connectivity index (χ1v) is 3.21. The third-order valence-corrected chi connectivity index (χ3v) is 0.934. The van der Waals surface area contributed by atoms with Gasteiger partial charge in [0.1, 0.15) is 0 Å². The van der Waals surface area contributed by atoms with Crippen molar-refractivity contribution in [3.8, 4) is 0 Å². The molecule has 0 aliphatic rings. The monoisotopic (exact) mass is 123 g/mol. The molecule has 0 aliphatic carbocycles. The summed E-state index contributed by atoms with van der Waals surface area (Å²) in [6, 6.07) is 0. The van der Waals surface area contributed by atoms with Crippen LogP contribution >= 0.6 is 0 Å². The molecule has 0 atom stereocenters. The van der Waals surface area contributed by atoms with Gasteiger partial charge in [-0.2, -0.15) is 0 Å². The van der Waals surface area contributed by atoms with Gasteiger partial charge in [0.25, 0.3) is 0 Å². The standard InChI is InChI=1S/C7H17N.Li.H/c1-6(2)5-7(3,4)8;;/h6H,5,8H2,1-4H3;;. The minimum atomic E-state index is 0. The summed E-state index contributed by atoms with van der Waals surface area (Å²) < 4.78 is 0. The van der Waals surface area contributed by atoms with Crippen molar-refractivity contribution < 1.29 is 0 Å². The Kier molecular flexibility index (Phi) is 5.97. The Labute approximate surface area is 70.6 Å². The Morgan fingerprint density at radius 2 is 1.67 bits per heavy atom. The third kappa shape index (κ3) is 11.9. The van der Waals surface area contributed by atoms with Gasteiger partial charge in [-0.15, -0.1) is 0 Å². The van der Waals surface area contributed by atoms with Gasteiger partial charge in [0.15, 0.2) is 0 Å². The van der Waals surface area contributed by atoms with Crippen LogP contribution in [0, 0.1) is 5.92 Å². The van der Waals surface area contributed by atoms with E-state index >= 15 is 0 Å². The van der Waals surface area contributed by atoms with Gasteiger partial charge in [-0.05, 0) is 26.2 Å². The van der Waals surface area contributed by atoms with E-state index in [9.17, 15) is 0 Å². The van der Waals surface area contributed by atoms with Gasteiger partial charge in [-0.1, -0.05) is 13.8 Å². The van der Waals surface area contributed by atoms with Crippen LogP contribution in [0.1, 0.15) is 34.1 Å². The van der Waals surface area contributed by atoms with Crippen molar-refractivity contribution in [2.24, 2.45) is 11.7 Å². The van der Waals surface area contributed by atoms with Crippen molar-refractivity contribution in [2.75, 3.05) is 0 Å². The Balaban J connectivity index is 0. The molecule has 0 bridgehead atoms. The van der Waals surface area contributed by atoms with Crippen molar-refractivity contribution in [3.05, 3.63) is 0 Å². The Morgan fingerprint density at radius 3 is 1.67 bits per heavy atom. The summed E-state index contributed by atoms with van der Waals surface area (Å²) in [5.74, 6) is 0.718. The Bertz CT molecular complexity index is 63.8. The van der Waals surface area contributed by atoms with Crippen LogP contribution < -0.4 is 5.73 Å². The molecule has 0 saturated carbocycles. The molecule has 0 amide bonds. The average molecular weight is 123 g/mol. The van der Waals surface area contributed by atoms with Crippen LogP contribution in [0.25, 0.3) is 0 Å². The summed E-state index contributed by atoms with van der Waals surface area (Å²) in [4.78, 5) is 0. The molecule has 1 nitrogen and oxygen atoms in total. The van der Waals surface area contributed by atoms with Crippen molar-refractivity contribution in [2.45, 2.75) is 39.7 Å². The first kappa shape index (κ1) is 12.3. The van der Waals surface area contributed by atoms with E-state index in [1.807, 2.05) is 0 Å². The van der Waals surface area contributed by atoms with Crippen molar-refractivity contribution in [1.29, 1.82) is 0 Å². The average Bonchev–Trinajstić information content (AvgIpc) is 1.21. The van der Waals surface area contributed by atoms with E-state index < -0.39 is 0 Å². The zero-order valence-corrected chi connectivity index (χ0v) is 6.36. The molecule has 2 heteroatoms. The summed E-state index contributed by atoms with van der Waals surface area (Å²) in [6.07, 6.45) is 1.10. The molecule has 0 aliphatic heterocycles. The summed E-state index contributed by atoms with van der Waals surface area (Å²) in [6.45, 7) is 8.50. The predicted molar refractivity (Wildman–Crippen MR) is 44.9 cm³/mol. The van der Waals surface area contributed by atoms with E-state index in [0.29, 0.717) is 0 Å². The molecule has 52 valence electrons. The fraction of sp³-hybridized carbons (Fsp3) is 1.00. The summed E-state index contributed by atoms with van der Waals surface area (Å²) in [5, 5.41) is 0. The van der Waals surface area contributed by atoms with Crippen LogP contribution in [0.3, 0.4) is 0 Å². The molecule has 0 heterocycles. The number of hydrogen-bond acceptors (Lipinski definition) is 1.